The zero-order valence-corrected chi connectivity index (χ0v) is 22.6. The first-order valence-electron chi connectivity index (χ1n) is 12.8. The van der Waals surface area contributed by atoms with Gasteiger partial charge in [-0.15, -0.1) is 0 Å². The van der Waals surface area contributed by atoms with Crippen LogP contribution in [-0.2, 0) is 9.78 Å². The van der Waals surface area contributed by atoms with Gasteiger partial charge >= 0.3 is 0 Å². The summed E-state index contributed by atoms with van der Waals surface area (Å²) in [5.41, 5.74) is -0.0557. The molecule has 0 spiro atoms. The van der Waals surface area contributed by atoms with E-state index in [1.807, 2.05) is 0 Å². The maximum absolute atomic E-state index is 6.97. The molecule has 0 bridgehead atoms. The van der Waals surface area contributed by atoms with Gasteiger partial charge in [-0.3, -0.25) is 0 Å². The van der Waals surface area contributed by atoms with Crippen molar-refractivity contribution < 1.29 is 9.78 Å². The minimum atomic E-state index is -0.248. The van der Waals surface area contributed by atoms with Crippen molar-refractivity contribution in [3.63, 3.8) is 0 Å². The van der Waals surface area contributed by atoms with Gasteiger partial charge in [0.25, 0.3) is 0 Å². The zero-order chi connectivity index (χ0) is 23.2. The summed E-state index contributed by atoms with van der Waals surface area (Å²) in [5, 5.41) is 0. The second-order valence-electron chi connectivity index (χ2n) is 14.8. The highest BCUT2D eigenvalue weighted by Crippen LogP contribution is 2.58. The van der Waals surface area contributed by atoms with Gasteiger partial charge in [0.1, 0.15) is 11.2 Å². The van der Waals surface area contributed by atoms with E-state index in [-0.39, 0.29) is 32.9 Å². The van der Waals surface area contributed by atoms with Crippen molar-refractivity contribution in [2.24, 2.45) is 33.5 Å². The van der Waals surface area contributed by atoms with Gasteiger partial charge in [-0.2, -0.15) is 0 Å². The second kappa shape index (κ2) is 8.36. The van der Waals surface area contributed by atoms with Crippen LogP contribution < -0.4 is 0 Å². The van der Waals surface area contributed by atoms with Crippen LogP contribution >= 0.6 is 0 Å². The highest BCUT2D eigenvalue weighted by atomic mass is 17.2. The van der Waals surface area contributed by atoms with E-state index in [0.717, 1.165) is 12.8 Å². The van der Waals surface area contributed by atoms with E-state index < -0.39 is 0 Å². The Morgan fingerprint density at radius 3 is 1.03 bits per heavy atom. The fraction of sp³-hybridized carbons (Fsp3) is 1.00. The molecule has 2 fully saturated rings. The van der Waals surface area contributed by atoms with Crippen molar-refractivity contribution in [3.05, 3.63) is 0 Å². The molecule has 2 aliphatic carbocycles. The first-order valence-corrected chi connectivity index (χ1v) is 12.8. The highest BCUT2D eigenvalue weighted by Gasteiger charge is 2.59. The van der Waals surface area contributed by atoms with Crippen LogP contribution in [0.4, 0.5) is 0 Å². The van der Waals surface area contributed by atoms with Crippen LogP contribution in [-0.4, -0.2) is 11.2 Å². The van der Waals surface area contributed by atoms with Crippen molar-refractivity contribution in [3.8, 4) is 0 Å². The van der Waals surface area contributed by atoms with E-state index >= 15 is 0 Å². The van der Waals surface area contributed by atoms with Crippen LogP contribution in [0.25, 0.3) is 0 Å². The molecule has 0 aromatic rings. The average Bonchev–Trinajstić information content (AvgIpc) is 2.56. The minimum absolute atomic E-state index is 0.0241. The number of hydrogen-bond acceptors (Lipinski definition) is 2. The van der Waals surface area contributed by atoms with Crippen LogP contribution in [0.1, 0.15) is 134 Å². The molecule has 0 aliphatic heterocycles. The lowest BCUT2D eigenvalue weighted by molar-refractivity contribution is -0.476. The van der Waals surface area contributed by atoms with Crippen LogP contribution in [0.3, 0.4) is 0 Å². The quantitative estimate of drug-likeness (QED) is 0.334. The maximum Gasteiger partial charge on any atom is 0.112 e. The van der Waals surface area contributed by atoms with Gasteiger partial charge in [-0.1, -0.05) is 109 Å². The fourth-order valence-corrected chi connectivity index (χ4v) is 6.95. The standard InChI is InChI=1S/C28H54O2/c1-23(2,3)21-17-13-15-19-27(21,25(7,8)9)29-30-28(26(10,11)12)20-16-14-18-22(28)24(4,5)6/h21-22H,13-20H2,1-12H3. The molecule has 4 unspecified atom stereocenters. The largest absolute Gasteiger partial charge is 0.229 e. The molecule has 2 saturated carbocycles. The molecule has 0 heterocycles. The topological polar surface area (TPSA) is 18.5 Å². The van der Waals surface area contributed by atoms with Gasteiger partial charge in [0.2, 0.25) is 0 Å². The molecule has 0 amide bonds. The summed E-state index contributed by atoms with van der Waals surface area (Å²) >= 11 is 0. The third-order valence-electron chi connectivity index (χ3n) is 8.68. The van der Waals surface area contributed by atoms with Crippen molar-refractivity contribution >= 4 is 0 Å². The van der Waals surface area contributed by atoms with E-state index in [4.69, 9.17) is 9.78 Å². The third-order valence-corrected chi connectivity index (χ3v) is 8.68. The predicted octanol–water partition coefficient (Wildman–Crippen LogP) is 8.98. The van der Waals surface area contributed by atoms with Crippen LogP contribution in [0.5, 0.6) is 0 Å². The van der Waals surface area contributed by atoms with E-state index in [1.165, 1.54) is 38.5 Å². The summed E-state index contributed by atoms with van der Waals surface area (Å²) in [4.78, 5) is 13.9. The Bertz CT molecular complexity index is 513. The molecule has 0 radical (unpaired) electrons. The summed E-state index contributed by atoms with van der Waals surface area (Å²) < 4.78 is 0. The molecule has 0 aromatic heterocycles. The van der Waals surface area contributed by atoms with E-state index in [2.05, 4.69) is 83.1 Å². The van der Waals surface area contributed by atoms with Gasteiger partial charge in [0.05, 0.1) is 0 Å². The molecule has 2 rings (SSSR count). The van der Waals surface area contributed by atoms with Crippen molar-refractivity contribution in [1.29, 1.82) is 0 Å². The molecule has 0 aromatic carbocycles. The average molecular weight is 423 g/mol. The van der Waals surface area contributed by atoms with Crippen LogP contribution in [0, 0.1) is 33.5 Å². The number of hydrogen-bond donors (Lipinski definition) is 0. The maximum atomic E-state index is 6.97. The first kappa shape index (κ1) is 26.2. The predicted molar refractivity (Wildman–Crippen MR) is 129 cm³/mol. The van der Waals surface area contributed by atoms with E-state index in [0.29, 0.717) is 11.8 Å². The van der Waals surface area contributed by atoms with Crippen LogP contribution in [0.2, 0.25) is 0 Å². The number of rotatable bonds is 3. The lowest BCUT2D eigenvalue weighted by Crippen LogP contribution is -2.62. The SMILES string of the molecule is CC(C)(C)C1CCCCC1(OOC1(C(C)(C)C)CCCCC1C(C)(C)C)C(C)(C)C. The molecular formula is C28H54O2. The van der Waals surface area contributed by atoms with E-state index in [1.54, 1.807) is 0 Å². The molecule has 4 atom stereocenters. The summed E-state index contributed by atoms with van der Waals surface area (Å²) in [6, 6.07) is 0. The Kier molecular flexibility index (Phi) is 7.30. The summed E-state index contributed by atoms with van der Waals surface area (Å²) in [5.74, 6) is 0.986. The minimum Gasteiger partial charge on any atom is -0.229 e. The van der Waals surface area contributed by atoms with Crippen molar-refractivity contribution in [2.45, 2.75) is 146 Å². The summed E-state index contributed by atoms with van der Waals surface area (Å²) in [6.45, 7) is 28.6. The van der Waals surface area contributed by atoms with Crippen molar-refractivity contribution in [2.75, 3.05) is 0 Å². The zero-order valence-electron chi connectivity index (χ0n) is 22.6. The molecule has 30 heavy (non-hydrogen) atoms. The van der Waals surface area contributed by atoms with Crippen LogP contribution in [0.15, 0.2) is 0 Å². The second-order valence-corrected chi connectivity index (χ2v) is 14.8. The molecule has 0 saturated heterocycles. The lowest BCUT2D eigenvalue weighted by atomic mass is 9.55. The molecule has 0 N–H and O–H groups in total. The Hall–Kier alpha value is -0.0800. The smallest absolute Gasteiger partial charge is 0.112 e. The van der Waals surface area contributed by atoms with E-state index in [9.17, 15) is 0 Å². The third kappa shape index (κ3) is 4.80. The molecule has 2 nitrogen and oxygen atoms in total. The summed E-state index contributed by atoms with van der Waals surface area (Å²) in [6.07, 6.45) is 9.73. The Morgan fingerprint density at radius 2 is 0.800 bits per heavy atom. The van der Waals surface area contributed by atoms with Gasteiger partial charge in [0.15, 0.2) is 0 Å². The first-order chi connectivity index (χ1) is 13.4. The normalized spacial score (nSPS) is 34.8. The molecular weight excluding hydrogens is 368 g/mol. The van der Waals surface area contributed by atoms with Gasteiger partial charge in [0, 0.05) is 0 Å². The summed E-state index contributed by atoms with van der Waals surface area (Å²) in [7, 11) is 0. The monoisotopic (exact) mass is 422 g/mol. The molecule has 2 aliphatic rings. The van der Waals surface area contributed by atoms with Crippen molar-refractivity contribution in [1.82, 2.24) is 0 Å². The highest BCUT2D eigenvalue weighted by molar-refractivity contribution is 5.06. The Labute approximate surface area is 189 Å². The van der Waals surface area contributed by atoms with Gasteiger partial charge in [-0.05, 0) is 59.2 Å². The van der Waals surface area contributed by atoms with Gasteiger partial charge in [-0.25, -0.2) is 9.78 Å². The van der Waals surface area contributed by atoms with Gasteiger partial charge < -0.3 is 0 Å². The lowest BCUT2D eigenvalue weighted by Gasteiger charge is -2.59. The molecule has 178 valence electrons. The Balaban J connectivity index is 2.51. The fourth-order valence-electron chi connectivity index (χ4n) is 6.95. The molecule has 2 heteroatoms. The Morgan fingerprint density at radius 1 is 0.500 bits per heavy atom.